The maximum Gasteiger partial charge on any atom is 0.133 e. The number of thioether (sulfide) groups is 1. The quantitative estimate of drug-likeness (QED) is 0.587. The molecule has 2 heterocycles. The highest BCUT2D eigenvalue weighted by molar-refractivity contribution is 7.99. The third-order valence-corrected chi connectivity index (χ3v) is 8.01. The van der Waals surface area contributed by atoms with Crippen molar-refractivity contribution in [2.24, 2.45) is 11.8 Å². The Kier molecular flexibility index (Phi) is 6.56. The van der Waals surface area contributed by atoms with Crippen LogP contribution in [0.25, 0.3) is 0 Å². The molecule has 5 nitrogen and oxygen atoms in total. The number of benzene rings is 2. The standard InChI is InChI=1S/C27H31NO4S/c1-18-11-12-28(17-18)13-14-31-23-8-5-19(6-9-23)26-27(20-3-2-4-21(29)15-20)33-25-16-22(30)7-10-24(25)32-26/h2-5,7-10,15-16,18-19,26-27,29-30H,6,11-14,17H2,1H3/t18-,19?,26-,27+/m0/s1. The fraction of sp³-hybridized carbons (Fsp3) is 0.407. The molecular weight excluding hydrogens is 434 g/mol. The molecule has 1 aliphatic carbocycles. The maximum absolute atomic E-state index is 10.1. The van der Waals surface area contributed by atoms with E-state index < -0.39 is 0 Å². The lowest BCUT2D eigenvalue weighted by molar-refractivity contribution is 0.139. The van der Waals surface area contributed by atoms with Gasteiger partial charge in [-0.1, -0.05) is 25.1 Å². The lowest BCUT2D eigenvalue weighted by Gasteiger charge is -2.37. The highest BCUT2D eigenvalue weighted by Crippen LogP contribution is 2.51. The number of fused-ring (bicyclic) bond motifs is 1. The molecule has 5 rings (SSSR count). The highest BCUT2D eigenvalue weighted by atomic mass is 32.2. The average Bonchev–Trinajstić information content (AvgIpc) is 3.23. The van der Waals surface area contributed by atoms with Crippen molar-refractivity contribution in [3.8, 4) is 17.2 Å². The maximum atomic E-state index is 10.1. The van der Waals surface area contributed by atoms with E-state index in [0.29, 0.717) is 6.61 Å². The van der Waals surface area contributed by atoms with Crippen LogP contribution in [-0.2, 0) is 4.74 Å². The fourth-order valence-electron chi connectivity index (χ4n) is 4.86. The van der Waals surface area contributed by atoms with E-state index in [4.69, 9.17) is 9.47 Å². The summed E-state index contributed by atoms with van der Waals surface area (Å²) in [5.41, 5.74) is 1.01. The molecule has 0 bridgehead atoms. The van der Waals surface area contributed by atoms with Crippen LogP contribution in [0.3, 0.4) is 0 Å². The highest BCUT2D eigenvalue weighted by Gasteiger charge is 2.37. The number of hydrogen-bond donors (Lipinski definition) is 2. The molecule has 0 aromatic heterocycles. The monoisotopic (exact) mass is 465 g/mol. The number of phenols is 2. The number of nitrogens with zero attached hydrogens (tertiary/aromatic N) is 1. The molecule has 6 heteroatoms. The number of phenolic OH excluding ortho intramolecular Hbond substituents is 2. The Morgan fingerprint density at radius 3 is 2.79 bits per heavy atom. The molecule has 0 amide bonds. The van der Waals surface area contributed by atoms with Gasteiger partial charge in [0.2, 0.25) is 0 Å². The zero-order valence-electron chi connectivity index (χ0n) is 18.9. The van der Waals surface area contributed by atoms with Crippen molar-refractivity contribution < 1.29 is 19.7 Å². The summed E-state index contributed by atoms with van der Waals surface area (Å²) < 4.78 is 12.5. The molecular formula is C27H31NO4S. The third-order valence-electron chi connectivity index (χ3n) is 6.65. The van der Waals surface area contributed by atoms with Gasteiger partial charge in [-0.25, -0.2) is 0 Å². The predicted molar refractivity (Wildman–Crippen MR) is 131 cm³/mol. The van der Waals surface area contributed by atoms with Gasteiger partial charge in [0.1, 0.15) is 35.7 Å². The Morgan fingerprint density at radius 2 is 2.03 bits per heavy atom. The zero-order valence-corrected chi connectivity index (χ0v) is 19.7. The molecule has 174 valence electrons. The second-order valence-corrected chi connectivity index (χ2v) is 10.4. The predicted octanol–water partition coefficient (Wildman–Crippen LogP) is 5.51. The fourth-order valence-corrected chi connectivity index (χ4v) is 6.23. The van der Waals surface area contributed by atoms with Gasteiger partial charge in [-0.2, -0.15) is 0 Å². The number of ether oxygens (including phenoxy) is 2. The van der Waals surface area contributed by atoms with Crippen LogP contribution in [0.2, 0.25) is 0 Å². The minimum Gasteiger partial charge on any atom is -0.508 e. The SMILES string of the molecule is C[C@H]1CCN(CCOC2=CCC([C@@H]3Oc4ccc(O)cc4S[C@@H]3c3cccc(O)c3)C=C2)C1. The Bertz CT molecular complexity index is 1050. The van der Waals surface area contributed by atoms with Crippen LogP contribution in [0.1, 0.15) is 30.6 Å². The Hall–Kier alpha value is -2.57. The molecule has 4 atom stereocenters. The molecule has 3 aliphatic rings. The lowest BCUT2D eigenvalue weighted by Crippen LogP contribution is -2.34. The van der Waals surface area contributed by atoms with E-state index in [9.17, 15) is 10.2 Å². The van der Waals surface area contributed by atoms with Crippen molar-refractivity contribution in [2.45, 2.75) is 36.0 Å². The summed E-state index contributed by atoms with van der Waals surface area (Å²) in [6, 6.07) is 12.6. The zero-order chi connectivity index (χ0) is 22.8. The van der Waals surface area contributed by atoms with Gasteiger partial charge in [0, 0.05) is 19.0 Å². The second kappa shape index (κ2) is 9.74. The summed E-state index contributed by atoms with van der Waals surface area (Å²) in [4.78, 5) is 3.39. The molecule has 1 fully saturated rings. The van der Waals surface area contributed by atoms with Crippen molar-refractivity contribution in [1.82, 2.24) is 4.90 Å². The molecule has 33 heavy (non-hydrogen) atoms. The van der Waals surface area contributed by atoms with E-state index in [1.54, 1.807) is 36.0 Å². The van der Waals surface area contributed by atoms with E-state index in [1.165, 1.54) is 19.5 Å². The van der Waals surface area contributed by atoms with E-state index in [2.05, 4.69) is 30.1 Å². The molecule has 0 spiro atoms. The van der Waals surface area contributed by atoms with Gasteiger partial charge >= 0.3 is 0 Å². The van der Waals surface area contributed by atoms with Gasteiger partial charge in [-0.05, 0) is 73.4 Å². The largest absolute Gasteiger partial charge is 0.508 e. The second-order valence-electron chi connectivity index (χ2n) is 9.26. The molecule has 2 aromatic rings. The van der Waals surface area contributed by atoms with Gasteiger partial charge in [-0.15, -0.1) is 11.8 Å². The number of hydrogen-bond acceptors (Lipinski definition) is 6. The van der Waals surface area contributed by atoms with Crippen molar-refractivity contribution in [3.05, 3.63) is 72.0 Å². The third kappa shape index (κ3) is 5.17. The number of rotatable bonds is 6. The molecule has 2 N–H and O–H groups in total. The van der Waals surface area contributed by atoms with Gasteiger partial charge in [0.15, 0.2) is 0 Å². The Labute approximate surface area is 199 Å². The molecule has 0 radical (unpaired) electrons. The molecule has 0 saturated carbocycles. The topological polar surface area (TPSA) is 62.2 Å². The van der Waals surface area contributed by atoms with Crippen LogP contribution in [0, 0.1) is 11.8 Å². The van der Waals surface area contributed by atoms with Crippen molar-refractivity contribution in [3.63, 3.8) is 0 Å². The van der Waals surface area contributed by atoms with Crippen LogP contribution >= 0.6 is 11.8 Å². The number of likely N-dealkylation sites (tertiary alicyclic amines) is 1. The summed E-state index contributed by atoms with van der Waals surface area (Å²) in [6.07, 6.45) is 8.44. The molecule has 1 saturated heterocycles. The Balaban J connectivity index is 1.27. The molecule has 1 unspecified atom stereocenters. The van der Waals surface area contributed by atoms with Crippen LogP contribution in [0.4, 0.5) is 0 Å². The smallest absolute Gasteiger partial charge is 0.133 e. The van der Waals surface area contributed by atoms with Gasteiger partial charge in [0.05, 0.1) is 10.1 Å². The summed E-state index contributed by atoms with van der Waals surface area (Å²) in [6.45, 7) is 6.35. The first-order valence-electron chi connectivity index (χ1n) is 11.7. The van der Waals surface area contributed by atoms with Crippen LogP contribution in [-0.4, -0.2) is 47.5 Å². The van der Waals surface area contributed by atoms with E-state index >= 15 is 0 Å². The first-order chi connectivity index (χ1) is 16.0. The van der Waals surface area contributed by atoms with Crippen molar-refractivity contribution >= 4 is 11.8 Å². The lowest BCUT2D eigenvalue weighted by atomic mass is 9.89. The summed E-state index contributed by atoms with van der Waals surface area (Å²) in [7, 11) is 0. The summed E-state index contributed by atoms with van der Waals surface area (Å²) >= 11 is 1.68. The van der Waals surface area contributed by atoms with Gasteiger partial charge in [-0.3, -0.25) is 4.90 Å². The van der Waals surface area contributed by atoms with E-state index in [1.807, 2.05) is 18.2 Å². The van der Waals surface area contributed by atoms with Crippen molar-refractivity contribution in [2.75, 3.05) is 26.2 Å². The molecule has 2 aromatic carbocycles. The number of allylic oxidation sites excluding steroid dienone is 2. The van der Waals surface area contributed by atoms with Crippen LogP contribution in [0.5, 0.6) is 17.2 Å². The van der Waals surface area contributed by atoms with Gasteiger partial charge < -0.3 is 19.7 Å². The minimum atomic E-state index is -0.103. The summed E-state index contributed by atoms with van der Waals surface area (Å²) in [5, 5.41) is 20.0. The first kappa shape index (κ1) is 22.2. The normalized spacial score (nSPS) is 27.0. The van der Waals surface area contributed by atoms with Crippen molar-refractivity contribution in [1.29, 1.82) is 0 Å². The first-order valence-corrected chi connectivity index (χ1v) is 12.6. The average molecular weight is 466 g/mol. The van der Waals surface area contributed by atoms with E-state index in [0.717, 1.165) is 40.9 Å². The van der Waals surface area contributed by atoms with Crippen LogP contribution < -0.4 is 4.74 Å². The van der Waals surface area contributed by atoms with Crippen LogP contribution in [0.15, 0.2) is 71.3 Å². The Morgan fingerprint density at radius 1 is 1.15 bits per heavy atom. The summed E-state index contributed by atoms with van der Waals surface area (Å²) in [5.74, 6) is 3.17. The van der Waals surface area contributed by atoms with E-state index in [-0.39, 0.29) is 28.8 Å². The molecule has 2 aliphatic heterocycles. The minimum absolute atomic E-state index is 0.00549. The number of aromatic hydroxyl groups is 2. The van der Waals surface area contributed by atoms with Gasteiger partial charge in [0.25, 0.3) is 0 Å².